The lowest BCUT2D eigenvalue weighted by atomic mass is 10.5. The molecule has 0 amide bonds. The quantitative estimate of drug-likeness (QED) is 0.632. The highest BCUT2D eigenvalue weighted by molar-refractivity contribution is 6.28. The first-order valence-electron chi connectivity index (χ1n) is 6.73. The third-order valence-electron chi connectivity index (χ3n) is 2.35. The number of halogens is 1. The Labute approximate surface area is 125 Å². The van der Waals surface area contributed by atoms with E-state index >= 15 is 0 Å². The normalized spacial score (nSPS) is 10.8. The van der Waals surface area contributed by atoms with Crippen molar-refractivity contribution in [2.45, 2.75) is 13.3 Å². The maximum atomic E-state index is 5.85. The molecule has 0 spiro atoms. The van der Waals surface area contributed by atoms with Gasteiger partial charge in [-0.15, -0.1) is 0 Å². The predicted octanol–water partition coefficient (Wildman–Crippen LogP) is 1.34. The Morgan fingerprint density at radius 1 is 1.05 bits per heavy atom. The third-order valence-corrected chi connectivity index (χ3v) is 2.52. The molecule has 1 aromatic rings. The molecule has 0 atom stereocenters. The van der Waals surface area contributed by atoms with Gasteiger partial charge in [-0.3, -0.25) is 0 Å². The van der Waals surface area contributed by atoms with Gasteiger partial charge >= 0.3 is 0 Å². The summed E-state index contributed by atoms with van der Waals surface area (Å²) in [5.74, 6) is 0.947. The van der Waals surface area contributed by atoms with Gasteiger partial charge in [-0.25, -0.2) is 0 Å². The molecule has 0 aliphatic heterocycles. The summed E-state index contributed by atoms with van der Waals surface area (Å²) in [5, 5.41) is 6.32. The molecule has 1 heterocycles. The number of rotatable bonds is 10. The molecule has 7 nitrogen and oxygen atoms in total. The van der Waals surface area contributed by atoms with Gasteiger partial charge in [0.25, 0.3) is 0 Å². The van der Waals surface area contributed by atoms with E-state index in [1.54, 1.807) is 0 Å². The molecule has 0 radical (unpaired) electrons. The van der Waals surface area contributed by atoms with Crippen molar-refractivity contribution in [1.29, 1.82) is 0 Å². The topological polar surface area (TPSA) is 75.2 Å². The Balaban J connectivity index is 2.30. The van der Waals surface area contributed by atoms with Gasteiger partial charge < -0.3 is 20.3 Å². The van der Waals surface area contributed by atoms with Crippen LogP contribution in [0, 0.1) is 0 Å². The number of likely N-dealkylation sites (N-methyl/N-ethyl adjacent to an activating group) is 1. The summed E-state index contributed by atoms with van der Waals surface area (Å²) in [5.41, 5.74) is 0. The van der Waals surface area contributed by atoms with Crippen molar-refractivity contribution in [3.05, 3.63) is 5.28 Å². The number of ether oxygens (including phenoxy) is 1. The van der Waals surface area contributed by atoms with Gasteiger partial charge in [0, 0.05) is 19.6 Å². The SMILES string of the molecule is CCCNc1nc(Cl)nc(NCCOCCN(C)C)n1. The van der Waals surface area contributed by atoms with Crippen LogP contribution >= 0.6 is 11.6 Å². The summed E-state index contributed by atoms with van der Waals surface area (Å²) in [7, 11) is 4.03. The molecule has 0 unspecified atom stereocenters. The highest BCUT2D eigenvalue weighted by Crippen LogP contribution is 2.09. The first-order valence-corrected chi connectivity index (χ1v) is 7.11. The van der Waals surface area contributed by atoms with E-state index in [0.29, 0.717) is 31.7 Å². The zero-order valence-corrected chi connectivity index (χ0v) is 13.1. The van der Waals surface area contributed by atoms with E-state index in [2.05, 4.69) is 37.4 Å². The van der Waals surface area contributed by atoms with Crippen LogP contribution in [0.25, 0.3) is 0 Å². The molecule has 0 bridgehead atoms. The zero-order chi connectivity index (χ0) is 14.8. The van der Waals surface area contributed by atoms with Crippen LogP contribution in [0.4, 0.5) is 11.9 Å². The number of nitrogens with zero attached hydrogens (tertiary/aromatic N) is 4. The number of hydrogen-bond acceptors (Lipinski definition) is 7. The van der Waals surface area contributed by atoms with E-state index in [-0.39, 0.29) is 5.28 Å². The van der Waals surface area contributed by atoms with Crippen molar-refractivity contribution >= 4 is 23.5 Å². The number of nitrogens with one attached hydrogen (secondary N) is 2. The third kappa shape index (κ3) is 7.42. The van der Waals surface area contributed by atoms with Crippen molar-refractivity contribution in [3.8, 4) is 0 Å². The minimum absolute atomic E-state index is 0.176. The fourth-order valence-electron chi connectivity index (χ4n) is 1.33. The average Bonchev–Trinajstić information content (AvgIpc) is 2.39. The van der Waals surface area contributed by atoms with Crippen LogP contribution in [0.5, 0.6) is 0 Å². The molecule has 1 aromatic heterocycles. The second-order valence-electron chi connectivity index (χ2n) is 4.52. The summed E-state index contributed by atoms with van der Waals surface area (Å²) in [6, 6.07) is 0. The second-order valence-corrected chi connectivity index (χ2v) is 4.86. The molecule has 8 heteroatoms. The molecular formula is C12H23ClN6O. The summed E-state index contributed by atoms with van der Waals surface area (Å²) < 4.78 is 5.47. The van der Waals surface area contributed by atoms with E-state index in [1.807, 2.05) is 14.1 Å². The second kappa shape index (κ2) is 9.68. The molecular weight excluding hydrogens is 280 g/mol. The summed E-state index contributed by atoms with van der Waals surface area (Å²) in [6.45, 7) is 5.70. The smallest absolute Gasteiger partial charge is 0.228 e. The molecule has 0 saturated carbocycles. The van der Waals surface area contributed by atoms with Gasteiger partial charge in [-0.1, -0.05) is 6.92 Å². The maximum absolute atomic E-state index is 5.85. The van der Waals surface area contributed by atoms with Crippen LogP contribution in [0.3, 0.4) is 0 Å². The van der Waals surface area contributed by atoms with E-state index in [1.165, 1.54) is 0 Å². The Bertz CT molecular complexity index is 390. The largest absolute Gasteiger partial charge is 0.378 e. The van der Waals surface area contributed by atoms with E-state index in [4.69, 9.17) is 16.3 Å². The van der Waals surface area contributed by atoms with E-state index < -0.39 is 0 Å². The van der Waals surface area contributed by atoms with Crippen LogP contribution in [0.15, 0.2) is 0 Å². The van der Waals surface area contributed by atoms with Gasteiger partial charge in [-0.05, 0) is 32.1 Å². The molecule has 0 aliphatic rings. The highest BCUT2D eigenvalue weighted by Gasteiger charge is 2.03. The summed E-state index contributed by atoms with van der Waals surface area (Å²) in [6.07, 6.45) is 0.992. The first kappa shape index (κ1) is 16.9. The molecule has 1 rings (SSSR count). The van der Waals surface area contributed by atoms with Crippen LogP contribution < -0.4 is 10.6 Å². The van der Waals surface area contributed by atoms with E-state index in [0.717, 1.165) is 19.5 Å². The Kier molecular flexibility index (Phi) is 8.17. The number of aromatic nitrogens is 3. The molecule has 0 aliphatic carbocycles. The first-order chi connectivity index (χ1) is 9.61. The number of anilines is 2. The lowest BCUT2D eigenvalue weighted by Crippen LogP contribution is -2.20. The standard InChI is InChI=1S/C12H23ClN6O/c1-4-5-14-11-16-10(13)17-12(18-11)15-6-8-20-9-7-19(2)3/h4-9H2,1-3H3,(H2,14,15,16,17,18). The van der Waals surface area contributed by atoms with Crippen molar-refractivity contribution in [2.24, 2.45) is 0 Å². The molecule has 20 heavy (non-hydrogen) atoms. The molecule has 2 N–H and O–H groups in total. The number of hydrogen-bond donors (Lipinski definition) is 2. The lowest BCUT2D eigenvalue weighted by Gasteiger charge is -2.10. The van der Waals surface area contributed by atoms with Crippen LogP contribution in [-0.2, 0) is 4.74 Å². The van der Waals surface area contributed by atoms with Crippen LogP contribution in [-0.4, -0.2) is 66.8 Å². The van der Waals surface area contributed by atoms with Crippen molar-refractivity contribution in [3.63, 3.8) is 0 Å². The lowest BCUT2D eigenvalue weighted by molar-refractivity contribution is 0.126. The Morgan fingerprint density at radius 3 is 2.30 bits per heavy atom. The van der Waals surface area contributed by atoms with Gasteiger partial charge in [0.2, 0.25) is 17.2 Å². The van der Waals surface area contributed by atoms with E-state index in [9.17, 15) is 0 Å². The van der Waals surface area contributed by atoms with Gasteiger partial charge in [0.05, 0.1) is 13.2 Å². The van der Waals surface area contributed by atoms with Crippen molar-refractivity contribution in [2.75, 3.05) is 57.6 Å². The van der Waals surface area contributed by atoms with Gasteiger partial charge in [0.1, 0.15) is 0 Å². The van der Waals surface area contributed by atoms with Crippen molar-refractivity contribution in [1.82, 2.24) is 19.9 Å². The molecule has 0 fully saturated rings. The predicted molar refractivity (Wildman–Crippen MR) is 81.5 cm³/mol. The van der Waals surface area contributed by atoms with Crippen molar-refractivity contribution < 1.29 is 4.74 Å². The van der Waals surface area contributed by atoms with Crippen LogP contribution in [0.1, 0.15) is 13.3 Å². The van der Waals surface area contributed by atoms with Crippen LogP contribution in [0.2, 0.25) is 5.28 Å². The molecule has 0 aromatic carbocycles. The fourth-order valence-corrected chi connectivity index (χ4v) is 1.49. The minimum Gasteiger partial charge on any atom is -0.378 e. The van der Waals surface area contributed by atoms with Gasteiger partial charge in [-0.2, -0.15) is 15.0 Å². The zero-order valence-electron chi connectivity index (χ0n) is 12.3. The monoisotopic (exact) mass is 302 g/mol. The minimum atomic E-state index is 0.176. The summed E-state index contributed by atoms with van der Waals surface area (Å²) >= 11 is 5.85. The summed E-state index contributed by atoms with van der Waals surface area (Å²) in [4.78, 5) is 14.3. The highest BCUT2D eigenvalue weighted by atomic mass is 35.5. The molecule has 0 saturated heterocycles. The fraction of sp³-hybridized carbons (Fsp3) is 0.750. The Hall–Kier alpha value is -1.18. The maximum Gasteiger partial charge on any atom is 0.228 e. The average molecular weight is 303 g/mol. The molecule has 114 valence electrons. The Morgan fingerprint density at radius 2 is 1.70 bits per heavy atom. The van der Waals surface area contributed by atoms with Gasteiger partial charge in [0.15, 0.2) is 0 Å².